The monoisotopic (exact) mass is 265 g/mol. The van der Waals surface area contributed by atoms with E-state index in [-0.39, 0.29) is 12.3 Å². The lowest BCUT2D eigenvalue weighted by atomic mass is 9.79. The number of ketones is 1. The Morgan fingerprint density at radius 2 is 2.00 bits per heavy atom. The number of hydrogen-bond donors (Lipinski definition) is 1. The van der Waals surface area contributed by atoms with E-state index in [0.29, 0.717) is 16.5 Å². The largest absolute Gasteiger partial charge is 0.324 e. The molecule has 2 nitrogen and oxygen atoms in total. The zero-order valence-electron chi connectivity index (χ0n) is 10.8. The molecule has 1 aromatic rings. The van der Waals surface area contributed by atoms with Crippen molar-refractivity contribution in [2.75, 3.05) is 6.54 Å². The molecule has 1 aliphatic carbocycles. The summed E-state index contributed by atoms with van der Waals surface area (Å²) in [4.78, 5) is 11.5. The maximum atomic E-state index is 11.5. The number of halogens is 1. The maximum Gasteiger partial charge on any atom is 0.176 e. The molecule has 1 aromatic carbocycles. The summed E-state index contributed by atoms with van der Waals surface area (Å²) in [5, 5.41) is 0.717. The molecule has 0 atom stereocenters. The van der Waals surface area contributed by atoms with Gasteiger partial charge in [0.25, 0.3) is 0 Å². The number of nitrogens with two attached hydrogens (primary N) is 1. The molecule has 98 valence electrons. The first-order valence-corrected chi connectivity index (χ1v) is 7.02. The van der Waals surface area contributed by atoms with Crippen molar-refractivity contribution in [1.29, 1.82) is 0 Å². The summed E-state index contributed by atoms with van der Waals surface area (Å²) >= 11 is 6.31. The first kappa shape index (κ1) is 13.6. The fourth-order valence-corrected chi connectivity index (χ4v) is 3.06. The summed E-state index contributed by atoms with van der Waals surface area (Å²) in [6.07, 6.45) is 4.94. The van der Waals surface area contributed by atoms with Gasteiger partial charge in [-0.25, -0.2) is 0 Å². The van der Waals surface area contributed by atoms with Gasteiger partial charge in [0.2, 0.25) is 0 Å². The smallest absolute Gasteiger partial charge is 0.176 e. The summed E-state index contributed by atoms with van der Waals surface area (Å²) in [7, 11) is 0. The highest BCUT2D eigenvalue weighted by Gasteiger charge is 2.21. The molecule has 0 saturated heterocycles. The average molecular weight is 266 g/mol. The van der Waals surface area contributed by atoms with E-state index >= 15 is 0 Å². The van der Waals surface area contributed by atoms with E-state index in [4.69, 9.17) is 17.3 Å². The lowest BCUT2D eigenvalue weighted by Gasteiger charge is -2.27. The summed E-state index contributed by atoms with van der Waals surface area (Å²) in [5.41, 5.74) is 7.17. The molecule has 1 aliphatic rings. The molecule has 2 N–H and O–H groups in total. The minimum absolute atomic E-state index is 0.0383. The molecule has 3 heteroatoms. The van der Waals surface area contributed by atoms with Crippen LogP contribution in [0.2, 0.25) is 5.02 Å². The first-order valence-electron chi connectivity index (χ1n) is 6.64. The van der Waals surface area contributed by atoms with Crippen molar-refractivity contribution in [3.8, 4) is 0 Å². The van der Waals surface area contributed by atoms with E-state index in [1.807, 2.05) is 12.1 Å². The van der Waals surface area contributed by atoms with Crippen LogP contribution in [0.25, 0.3) is 0 Å². The predicted molar refractivity (Wildman–Crippen MR) is 75.2 cm³/mol. The van der Waals surface area contributed by atoms with Gasteiger partial charge < -0.3 is 5.73 Å². The van der Waals surface area contributed by atoms with E-state index in [1.165, 1.54) is 31.2 Å². The van der Waals surface area contributed by atoms with Crippen LogP contribution in [0.3, 0.4) is 0 Å². The van der Waals surface area contributed by atoms with Crippen molar-refractivity contribution >= 4 is 17.4 Å². The molecule has 0 spiro atoms. The van der Waals surface area contributed by atoms with Gasteiger partial charge in [0.05, 0.1) is 6.54 Å². The van der Waals surface area contributed by atoms with Crippen molar-refractivity contribution in [3.05, 3.63) is 34.3 Å². The topological polar surface area (TPSA) is 43.1 Å². The van der Waals surface area contributed by atoms with Crippen LogP contribution in [0.4, 0.5) is 0 Å². The fraction of sp³-hybridized carbons (Fsp3) is 0.533. The third-order valence-corrected chi connectivity index (χ3v) is 4.29. The molecule has 0 radical (unpaired) electrons. The SMILES string of the molecule is CC1CCC(c2ccc(C(=O)CN)cc2Cl)CC1. The number of rotatable bonds is 3. The molecule has 1 fully saturated rings. The molecule has 0 bridgehead atoms. The number of carbonyl (C=O) groups is 1. The molecule has 0 aliphatic heterocycles. The van der Waals surface area contributed by atoms with Gasteiger partial charge in [-0.15, -0.1) is 0 Å². The van der Waals surface area contributed by atoms with Gasteiger partial charge in [0.15, 0.2) is 5.78 Å². The van der Waals surface area contributed by atoms with Crippen LogP contribution < -0.4 is 5.73 Å². The van der Waals surface area contributed by atoms with Crippen LogP contribution in [0, 0.1) is 5.92 Å². The second-order valence-corrected chi connectivity index (χ2v) is 5.73. The van der Waals surface area contributed by atoms with Gasteiger partial charge in [-0.2, -0.15) is 0 Å². The average Bonchev–Trinajstić information content (AvgIpc) is 2.39. The van der Waals surface area contributed by atoms with Gasteiger partial charge in [0.1, 0.15) is 0 Å². The Hall–Kier alpha value is -0.860. The third-order valence-electron chi connectivity index (χ3n) is 3.96. The van der Waals surface area contributed by atoms with E-state index in [2.05, 4.69) is 6.92 Å². The van der Waals surface area contributed by atoms with Gasteiger partial charge in [0, 0.05) is 10.6 Å². The van der Waals surface area contributed by atoms with Crippen LogP contribution in [-0.4, -0.2) is 12.3 Å². The Morgan fingerprint density at radius 3 is 2.56 bits per heavy atom. The van der Waals surface area contributed by atoms with Crippen LogP contribution in [0.15, 0.2) is 18.2 Å². The van der Waals surface area contributed by atoms with Crippen molar-refractivity contribution in [2.24, 2.45) is 11.7 Å². The molecule has 2 rings (SSSR count). The third kappa shape index (κ3) is 2.93. The van der Waals surface area contributed by atoms with Crippen LogP contribution in [0.1, 0.15) is 54.4 Å². The summed E-state index contributed by atoms with van der Waals surface area (Å²) in [6, 6.07) is 5.63. The van der Waals surface area contributed by atoms with Crippen LogP contribution in [-0.2, 0) is 0 Å². The van der Waals surface area contributed by atoms with Gasteiger partial charge in [-0.05, 0) is 36.3 Å². The van der Waals surface area contributed by atoms with Gasteiger partial charge in [-0.3, -0.25) is 4.79 Å². The van der Waals surface area contributed by atoms with Gasteiger partial charge in [-0.1, -0.05) is 43.5 Å². The quantitative estimate of drug-likeness (QED) is 0.846. The number of Topliss-reactive ketones (excluding diaryl/α,β-unsaturated/α-hetero) is 1. The molecule has 0 amide bonds. The summed E-state index contributed by atoms with van der Waals surface area (Å²) < 4.78 is 0. The van der Waals surface area contributed by atoms with Gasteiger partial charge >= 0.3 is 0 Å². The van der Waals surface area contributed by atoms with E-state index in [1.54, 1.807) is 6.07 Å². The zero-order chi connectivity index (χ0) is 13.1. The second-order valence-electron chi connectivity index (χ2n) is 5.32. The minimum Gasteiger partial charge on any atom is -0.324 e. The molecule has 18 heavy (non-hydrogen) atoms. The Labute approximate surface area is 114 Å². The fourth-order valence-electron chi connectivity index (χ4n) is 2.72. The van der Waals surface area contributed by atoms with E-state index in [0.717, 1.165) is 5.92 Å². The first-order chi connectivity index (χ1) is 8.61. The Kier molecular flexibility index (Phi) is 4.41. The Bertz CT molecular complexity index is 436. The molecule has 0 aromatic heterocycles. The zero-order valence-corrected chi connectivity index (χ0v) is 11.5. The number of hydrogen-bond acceptors (Lipinski definition) is 2. The molecule has 0 heterocycles. The predicted octanol–water partition coefficient (Wildman–Crippen LogP) is 3.78. The summed E-state index contributed by atoms with van der Waals surface area (Å²) in [5.74, 6) is 1.33. The summed E-state index contributed by atoms with van der Waals surface area (Å²) in [6.45, 7) is 2.34. The maximum absolute atomic E-state index is 11.5. The number of benzene rings is 1. The normalized spacial score (nSPS) is 23.9. The van der Waals surface area contributed by atoms with Crippen molar-refractivity contribution in [2.45, 2.75) is 38.5 Å². The lowest BCUT2D eigenvalue weighted by Crippen LogP contribution is -2.14. The van der Waals surface area contributed by atoms with E-state index < -0.39 is 0 Å². The molecular weight excluding hydrogens is 246 g/mol. The Morgan fingerprint density at radius 1 is 1.33 bits per heavy atom. The van der Waals surface area contributed by atoms with E-state index in [9.17, 15) is 4.79 Å². The van der Waals surface area contributed by atoms with Crippen LogP contribution >= 0.6 is 11.6 Å². The minimum atomic E-state index is -0.0549. The standard InChI is InChI=1S/C15H20ClNO/c1-10-2-4-11(5-3-10)13-7-6-12(8-14(13)16)15(18)9-17/h6-8,10-11H,2-5,9,17H2,1H3. The highest BCUT2D eigenvalue weighted by atomic mass is 35.5. The Balaban J connectivity index is 2.17. The van der Waals surface area contributed by atoms with Crippen molar-refractivity contribution in [1.82, 2.24) is 0 Å². The van der Waals surface area contributed by atoms with Crippen LogP contribution in [0.5, 0.6) is 0 Å². The molecule has 1 saturated carbocycles. The molecular formula is C15H20ClNO. The second kappa shape index (κ2) is 5.85. The highest BCUT2D eigenvalue weighted by molar-refractivity contribution is 6.31. The molecule has 0 unspecified atom stereocenters. The highest BCUT2D eigenvalue weighted by Crippen LogP contribution is 2.38. The van der Waals surface area contributed by atoms with Crippen molar-refractivity contribution < 1.29 is 4.79 Å². The lowest BCUT2D eigenvalue weighted by molar-refractivity contribution is 0.100. The van der Waals surface area contributed by atoms with Crippen molar-refractivity contribution in [3.63, 3.8) is 0 Å². The number of carbonyl (C=O) groups excluding carboxylic acids is 1.